The molecule has 1 fully saturated rings. The molecule has 1 aromatic rings. The van der Waals surface area contributed by atoms with E-state index in [9.17, 15) is 4.39 Å². The van der Waals surface area contributed by atoms with Gasteiger partial charge in [0, 0.05) is 12.1 Å². The lowest BCUT2D eigenvalue weighted by Crippen LogP contribution is -2.21. The summed E-state index contributed by atoms with van der Waals surface area (Å²) in [6, 6.07) is 5.01. The van der Waals surface area contributed by atoms with Crippen molar-refractivity contribution >= 4 is 0 Å². The van der Waals surface area contributed by atoms with Gasteiger partial charge in [0.25, 0.3) is 0 Å². The number of ether oxygens (including phenoxy) is 1. The van der Waals surface area contributed by atoms with Crippen molar-refractivity contribution in [3.63, 3.8) is 0 Å². The normalized spacial score (nSPS) is 24.2. The molecule has 2 rings (SSSR count). The van der Waals surface area contributed by atoms with Crippen molar-refractivity contribution in [1.82, 2.24) is 0 Å². The highest BCUT2D eigenvalue weighted by molar-refractivity contribution is 5.24. The Bertz CT molecular complexity index is 394. The molecule has 100 valence electrons. The van der Waals surface area contributed by atoms with Gasteiger partial charge in [-0.15, -0.1) is 0 Å². The van der Waals surface area contributed by atoms with E-state index in [0.717, 1.165) is 24.3 Å². The molecule has 1 aliphatic carbocycles. The zero-order valence-corrected chi connectivity index (χ0v) is 11.0. The van der Waals surface area contributed by atoms with Gasteiger partial charge in [-0.25, -0.2) is 4.39 Å². The van der Waals surface area contributed by atoms with Gasteiger partial charge >= 0.3 is 0 Å². The molecule has 0 saturated heterocycles. The van der Waals surface area contributed by atoms with E-state index in [-0.39, 0.29) is 11.9 Å². The Balaban J connectivity index is 1.92. The molecule has 3 heteroatoms. The van der Waals surface area contributed by atoms with Crippen LogP contribution in [-0.4, -0.2) is 6.10 Å². The summed E-state index contributed by atoms with van der Waals surface area (Å²) >= 11 is 0. The summed E-state index contributed by atoms with van der Waals surface area (Å²) in [6.45, 7) is 3.05. The number of benzene rings is 1. The van der Waals surface area contributed by atoms with Crippen molar-refractivity contribution in [3.05, 3.63) is 35.1 Å². The van der Waals surface area contributed by atoms with Crippen LogP contribution in [-0.2, 0) is 17.9 Å². The molecule has 2 nitrogen and oxygen atoms in total. The van der Waals surface area contributed by atoms with Crippen LogP contribution in [0.5, 0.6) is 0 Å². The Morgan fingerprint density at radius 3 is 2.94 bits per heavy atom. The molecule has 0 radical (unpaired) electrons. The van der Waals surface area contributed by atoms with Crippen LogP contribution in [0.4, 0.5) is 4.39 Å². The maximum absolute atomic E-state index is 13.6. The van der Waals surface area contributed by atoms with E-state index < -0.39 is 0 Å². The van der Waals surface area contributed by atoms with Crippen LogP contribution in [0.3, 0.4) is 0 Å². The summed E-state index contributed by atoms with van der Waals surface area (Å²) < 4.78 is 19.5. The maximum atomic E-state index is 13.6. The summed E-state index contributed by atoms with van der Waals surface area (Å²) in [7, 11) is 0. The summed E-state index contributed by atoms with van der Waals surface area (Å²) in [5.74, 6) is 0.528. The van der Waals surface area contributed by atoms with E-state index in [4.69, 9.17) is 10.5 Å². The first-order chi connectivity index (χ1) is 8.69. The van der Waals surface area contributed by atoms with Crippen molar-refractivity contribution in [2.24, 2.45) is 11.7 Å². The van der Waals surface area contributed by atoms with Gasteiger partial charge in [-0.1, -0.05) is 25.8 Å². The van der Waals surface area contributed by atoms with Gasteiger partial charge < -0.3 is 10.5 Å². The highest BCUT2D eigenvalue weighted by atomic mass is 19.1. The van der Waals surface area contributed by atoms with Crippen molar-refractivity contribution in [2.75, 3.05) is 0 Å². The van der Waals surface area contributed by atoms with Crippen LogP contribution in [0.2, 0.25) is 0 Å². The van der Waals surface area contributed by atoms with E-state index in [1.165, 1.54) is 18.9 Å². The SMILES string of the molecule is CC1CCCC(OCc2cc(CN)ccc2F)C1. The molecule has 0 aliphatic heterocycles. The monoisotopic (exact) mass is 251 g/mol. The lowest BCUT2D eigenvalue weighted by molar-refractivity contribution is 0.00350. The number of hydrogen-bond acceptors (Lipinski definition) is 2. The zero-order valence-electron chi connectivity index (χ0n) is 11.0. The van der Waals surface area contributed by atoms with Gasteiger partial charge in [0.05, 0.1) is 12.7 Å². The molecular formula is C15H22FNO. The Morgan fingerprint density at radius 2 is 2.22 bits per heavy atom. The first-order valence-electron chi connectivity index (χ1n) is 6.78. The number of halogens is 1. The predicted molar refractivity (Wildman–Crippen MR) is 70.5 cm³/mol. The van der Waals surface area contributed by atoms with E-state index >= 15 is 0 Å². The molecule has 0 amide bonds. The molecule has 2 N–H and O–H groups in total. The molecule has 1 saturated carbocycles. The molecule has 0 heterocycles. The van der Waals surface area contributed by atoms with Gasteiger partial charge in [0.1, 0.15) is 5.82 Å². The highest BCUT2D eigenvalue weighted by Gasteiger charge is 2.19. The van der Waals surface area contributed by atoms with Gasteiger partial charge in [0.2, 0.25) is 0 Å². The van der Waals surface area contributed by atoms with Gasteiger partial charge in [-0.3, -0.25) is 0 Å². The maximum Gasteiger partial charge on any atom is 0.128 e. The van der Waals surface area contributed by atoms with Gasteiger partial charge in [-0.05, 0) is 36.5 Å². The molecule has 0 spiro atoms. The molecule has 1 aliphatic rings. The van der Waals surface area contributed by atoms with Crippen LogP contribution >= 0.6 is 0 Å². The van der Waals surface area contributed by atoms with Crippen LogP contribution in [0.15, 0.2) is 18.2 Å². The van der Waals surface area contributed by atoms with E-state index in [0.29, 0.717) is 18.7 Å². The molecule has 2 atom stereocenters. The van der Waals surface area contributed by atoms with Gasteiger partial charge in [-0.2, -0.15) is 0 Å². The standard InChI is InChI=1S/C15H22FNO/c1-11-3-2-4-14(7-11)18-10-13-8-12(9-17)5-6-15(13)16/h5-6,8,11,14H,2-4,7,9-10,17H2,1H3. The Hall–Kier alpha value is -0.930. The second-order valence-corrected chi connectivity index (χ2v) is 5.33. The van der Waals surface area contributed by atoms with Crippen LogP contribution in [0, 0.1) is 11.7 Å². The van der Waals surface area contributed by atoms with Crippen molar-refractivity contribution in [3.8, 4) is 0 Å². The molecule has 0 aromatic heterocycles. The fourth-order valence-corrected chi connectivity index (χ4v) is 2.60. The van der Waals surface area contributed by atoms with E-state index in [1.54, 1.807) is 6.07 Å². The van der Waals surface area contributed by atoms with Crippen LogP contribution in [0.25, 0.3) is 0 Å². The topological polar surface area (TPSA) is 35.2 Å². The summed E-state index contributed by atoms with van der Waals surface area (Å²) in [6.07, 6.45) is 4.99. The lowest BCUT2D eigenvalue weighted by Gasteiger charge is -2.26. The zero-order chi connectivity index (χ0) is 13.0. The summed E-state index contributed by atoms with van der Waals surface area (Å²) in [5, 5.41) is 0. The third-order valence-corrected chi connectivity index (χ3v) is 3.71. The molecule has 1 aromatic carbocycles. The van der Waals surface area contributed by atoms with Crippen molar-refractivity contribution in [2.45, 2.75) is 51.9 Å². The molecule has 18 heavy (non-hydrogen) atoms. The number of nitrogens with two attached hydrogens (primary N) is 1. The molecule has 0 bridgehead atoms. The number of rotatable bonds is 4. The second-order valence-electron chi connectivity index (χ2n) is 5.33. The summed E-state index contributed by atoms with van der Waals surface area (Å²) in [4.78, 5) is 0. The van der Waals surface area contributed by atoms with Crippen LogP contribution < -0.4 is 5.73 Å². The minimum Gasteiger partial charge on any atom is -0.373 e. The largest absolute Gasteiger partial charge is 0.373 e. The average molecular weight is 251 g/mol. The Labute approximate surface area is 108 Å². The minimum atomic E-state index is -0.198. The third kappa shape index (κ3) is 3.53. The predicted octanol–water partition coefficient (Wildman–Crippen LogP) is 3.38. The Kier molecular flexibility index (Phi) is 4.72. The fraction of sp³-hybridized carbons (Fsp3) is 0.600. The smallest absolute Gasteiger partial charge is 0.128 e. The van der Waals surface area contributed by atoms with Crippen molar-refractivity contribution < 1.29 is 9.13 Å². The first kappa shape index (κ1) is 13.5. The highest BCUT2D eigenvalue weighted by Crippen LogP contribution is 2.26. The molecular weight excluding hydrogens is 229 g/mol. The van der Waals surface area contributed by atoms with Crippen molar-refractivity contribution in [1.29, 1.82) is 0 Å². The van der Waals surface area contributed by atoms with Gasteiger partial charge in [0.15, 0.2) is 0 Å². The lowest BCUT2D eigenvalue weighted by atomic mass is 9.89. The Morgan fingerprint density at radius 1 is 1.39 bits per heavy atom. The number of hydrogen-bond donors (Lipinski definition) is 1. The second kappa shape index (κ2) is 6.30. The van der Waals surface area contributed by atoms with E-state index in [1.807, 2.05) is 6.07 Å². The average Bonchev–Trinajstić information content (AvgIpc) is 2.38. The molecule has 2 unspecified atom stereocenters. The van der Waals surface area contributed by atoms with Crippen LogP contribution in [0.1, 0.15) is 43.7 Å². The third-order valence-electron chi connectivity index (χ3n) is 3.71. The van der Waals surface area contributed by atoms with E-state index in [2.05, 4.69) is 6.92 Å². The summed E-state index contributed by atoms with van der Waals surface area (Å²) in [5.41, 5.74) is 7.14. The fourth-order valence-electron chi connectivity index (χ4n) is 2.60. The minimum absolute atomic E-state index is 0.198. The quantitative estimate of drug-likeness (QED) is 0.890. The first-order valence-corrected chi connectivity index (χ1v) is 6.78.